The van der Waals surface area contributed by atoms with Crippen molar-refractivity contribution in [1.29, 1.82) is 0 Å². The Hall–Kier alpha value is -3.73. The Balaban J connectivity index is 1.60. The molecular formula is C23H18O5. The highest BCUT2D eigenvalue weighted by Gasteiger charge is 2.16. The molecule has 28 heavy (non-hydrogen) atoms. The predicted molar refractivity (Wildman–Crippen MR) is 106 cm³/mol. The van der Waals surface area contributed by atoms with Crippen LogP contribution in [0.1, 0.15) is 11.1 Å². The molecule has 0 fully saturated rings. The number of ether oxygens (including phenoxy) is 2. The van der Waals surface area contributed by atoms with Gasteiger partial charge in [0.15, 0.2) is 5.75 Å². The molecule has 1 N–H and O–H groups in total. The van der Waals surface area contributed by atoms with Crippen LogP contribution in [0, 0.1) is 0 Å². The molecule has 3 aromatic carbocycles. The van der Waals surface area contributed by atoms with Crippen molar-refractivity contribution < 1.29 is 19.0 Å². The summed E-state index contributed by atoms with van der Waals surface area (Å²) < 4.78 is 16.7. The minimum absolute atomic E-state index is 0.102. The minimum Gasteiger partial charge on any atom is -0.499 e. The molecule has 140 valence electrons. The Bertz CT molecular complexity index is 1130. The SMILES string of the molecule is O=c1oc2cc(OCc3ccccc3)ccc2c(OCc2ccccc2)c1O. The topological polar surface area (TPSA) is 68.9 Å². The van der Waals surface area contributed by atoms with E-state index in [2.05, 4.69) is 0 Å². The lowest BCUT2D eigenvalue weighted by Gasteiger charge is -2.11. The maximum atomic E-state index is 12.0. The third-order valence-electron chi connectivity index (χ3n) is 4.28. The first kappa shape index (κ1) is 17.7. The highest BCUT2D eigenvalue weighted by molar-refractivity contribution is 5.86. The van der Waals surface area contributed by atoms with Crippen LogP contribution in [0.3, 0.4) is 0 Å². The second-order valence-electron chi connectivity index (χ2n) is 6.27. The van der Waals surface area contributed by atoms with E-state index in [0.29, 0.717) is 17.7 Å². The first-order chi connectivity index (χ1) is 13.7. The second-order valence-corrected chi connectivity index (χ2v) is 6.27. The summed E-state index contributed by atoms with van der Waals surface area (Å²) in [5, 5.41) is 10.6. The summed E-state index contributed by atoms with van der Waals surface area (Å²) in [4.78, 5) is 12.0. The van der Waals surface area contributed by atoms with E-state index in [1.807, 2.05) is 60.7 Å². The second kappa shape index (κ2) is 7.88. The average Bonchev–Trinajstić information content (AvgIpc) is 2.74. The average molecular weight is 374 g/mol. The maximum absolute atomic E-state index is 12.0. The van der Waals surface area contributed by atoms with Crippen LogP contribution in [-0.2, 0) is 13.2 Å². The fourth-order valence-corrected chi connectivity index (χ4v) is 2.85. The summed E-state index contributed by atoms with van der Waals surface area (Å²) in [5.41, 5.74) is 1.39. The lowest BCUT2D eigenvalue weighted by molar-refractivity contribution is 0.285. The van der Waals surface area contributed by atoms with Crippen LogP contribution in [0.15, 0.2) is 88.1 Å². The van der Waals surface area contributed by atoms with Crippen molar-refractivity contribution in [2.24, 2.45) is 0 Å². The molecule has 1 aromatic heterocycles. The van der Waals surface area contributed by atoms with E-state index < -0.39 is 11.4 Å². The highest BCUT2D eigenvalue weighted by atomic mass is 16.5. The smallest absolute Gasteiger partial charge is 0.382 e. The first-order valence-electron chi connectivity index (χ1n) is 8.84. The number of fused-ring (bicyclic) bond motifs is 1. The molecule has 0 saturated carbocycles. The van der Waals surface area contributed by atoms with E-state index in [1.165, 1.54) is 0 Å². The van der Waals surface area contributed by atoms with Crippen LogP contribution in [0.4, 0.5) is 0 Å². The van der Waals surface area contributed by atoms with Crippen molar-refractivity contribution in [3.63, 3.8) is 0 Å². The summed E-state index contributed by atoms with van der Waals surface area (Å²) >= 11 is 0. The molecule has 4 rings (SSSR count). The quantitative estimate of drug-likeness (QED) is 0.497. The summed E-state index contributed by atoms with van der Waals surface area (Å²) in [6, 6.07) is 24.3. The molecule has 5 nitrogen and oxygen atoms in total. The molecule has 0 spiro atoms. The van der Waals surface area contributed by atoms with Crippen LogP contribution < -0.4 is 15.1 Å². The Morgan fingerprint density at radius 1 is 0.786 bits per heavy atom. The Labute approximate surface area is 161 Å². The normalized spacial score (nSPS) is 10.7. The molecule has 0 amide bonds. The van der Waals surface area contributed by atoms with Crippen molar-refractivity contribution >= 4 is 11.0 Å². The number of rotatable bonds is 6. The van der Waals surface area contributed by atoms with Gasteiger partial charge in [-0.3, -0.25) is 0 Å². The predicted octanol–water partition coefficient (Wildman–Crippen LogP) is 4.66. The van der Waals surface area contributed by atoms with Crippen LogP contribution in [-0.4, -0.2) is 5.11 Å². The molecule has 5 heteroatoms. The van der Waals surface area contributed by atoms with Gasteiger partial charge in [0.25, 0.3) is 0 Å². The zero-order valence-corrected chi connectivity index (χ0v) is 15.0. The lowest BCUT2D eigenvalue weighted by Crippen LogP contribution is -2.04. The van der Waals surface area contributed by atoms with E-state index in [-0.39, 0.29) is 17.9 Å². The number of benzene rings is 3. The molecule has 1 heterocycles. The highest BCUT2D eigenvalue weighted by Crippen LogP contribution is 2.34. The fourth-order valence-electron chi connectivity index (χ4n) is 2.85. The van der Waals surface area contributed by atoms with E-state index in [4.69, 9.17) is 13.9 Å². The first-order valence-corrected chi connectivity index (χ1v) is 8.84. The van der Waals surface area contributed by atoms with Gasteiger partial charge < -0.3 is 19.0 Å². The third kappa shape index (κ3) is 3.83. The van der Waals surface area contributed by atoms with Gasteiger partial charge in [0.05, 0.1) is 5.39 Å². The number of hydrogen-bond donors (Lipinski definition) is 1. The van der Waals surface area contributed by atoms with Gasteiger partial charge in [0.1, 0.15) is 24.5 Å². The molecule has 0 unspecified atom stereocenters. The van der Waals surface area contributed by atoms with Crippen molar-refractivity contribution in [1.82, 2.24) is 0 Å². The minimum atomic E-state index is -0.851. The molecule has 0 saturated heterocycles. The third-order valence-corrected chi connectivity index (χ3v) is 4.28. The van der Waals surface area contributed by atoms with Crippen LogP contribution in [0.25, 0.3) is 11.0 Å². The standard InChI is InChI=1S/C23H18O5/c24-21-22(27-15-17-9-5-2-6-10-17)19-12-11-18(13-20(19)28-23(21)25)26-14-16-7-3-1-4-8-16/h1-13,24H,14-15H2. The van der Waals surface area contributed by atoms with Crippen molar-refractivity contribution in [2.45, 2.75) is 13.2 Å². The van der Waals surface area contributed by atoms with Gasteiger partial charge in [0, 0.05) is 6.07 Å². The molecule has 0 aliphatic heterocycles. The molecule has 0 aliphatic carbocycles. The van der Waals surface area contributed by atoms with Gasteiger partial charge >= 0.3 is 5.63 Å². The van der Waals surface area contributed by atoms with Gasteiger partial charge in [-0.15, -0.1) is 0 Å². The van der Waals surface area contributed by atoms with Gasteiger partial charge in [-0.05, 0) is 23.3 Å². The Morgan fingerprint density at radius 3 is 2.04 bits per heavy atom. The summed E-state index contributed by atoms with van der Waals surface area (Å²) in [6.45, 7) is 0.616. The van der Waals surface area contributed by atoms with Crippen LogP contribution in [0.5, 0.6) is 17.2 Å². The van der Waals surface area contributed by atoms with Crippen molar-refractivity contribution in [2.75, 3.05) is 0 Å². The van der Waals surface area contributed by atoms with Crippen molar-refractivity contribution in [3.8, 4) is 17.2 Å². The number of aromatic hydroxyl groups is 1. The maximum Gasteiger partial charge on any atom is 0.382 e. The molecule has 0 bridgehead atoms. The van der Waals surface area contributed by atoms with Crippen LogP contribution in [0.2, 0.25) is 0 Å². The Morgan fingerprint density at radius 2 is 1.39 bits per heavy atom. The number of hydrogen-bond acceptors (Lipinski definition) is 5. The van der Waals surface area contributed by atoms with Crippen molar-refractivity contribution in [3.05, 3.63) is 100 Å². The van der Waals surface area contributed by atoms with Gasteiger partial charge in [0.2, 0.25) is 5.75 Å². The van der Waals surface area contributed by atoms with E-state index >= 15 is 0 Å². The molecule has 4 aromatic rings. The summed E-state index contributed by atoms with van der Waals surface area (Å²) in [7, 11) is 0. The van der Waals surface area contributed by atoms with Gasteiger partial charge in [-0.2, -0.15) is 0 Å². The van der Waals surface area contributed by atoms with E-state index in [1.54, 1.807) is 18.2 Å². The molecule has 0 aliphatic rings. The molecule has 0 atom stereocenters. The summed E-state index contributed by atoms with van der Waals surface area (Å²) in [6.07, 6.45) is 0. The summed E-state index contributed by atoms with van der Waals surface area (Å²) in [5.74, 6) is 0.116. The zero-order chi connectivity index (χ0) is 19.3. The zero-order valence-electron chi connectivity index (χ0n) is 15.0. The fraction of sp³-hybridized carbons (Fsp3) is 0.0870. The Kier molecular flexibility index (Phi) is 4.97. The van der Waals surface area contributed by atoms with E-state index in [0.717, 1.165) is 11.1 Å². The van der Waals surface area contributed by atoms with E-state index in [9.17, 15) is 9.90 Å². The molecule has 0 radical (unpaired) electrons. The lowest BCUT2D eigenvalue weighted by atomic mass is 10.2. The van der Waals surface area contributed by atoms with Crippen LogP contribution >= 0.6 is 0 Å². The van der Waals surface area contributed by atoms with Gasteiger partial charge in [-0.1, -0.05) is 60.7 Å². The van der Waals surface area contributed by atoms with Gasteiger partial charge in [-0.25, -0.2) is 4.79 Å². The molecular weight excluding hydrogens is 356 g/mol. The largest absolute Gasteiger partial charge is 0.499 e. The monoisotopic (exact) mass is 374 g/mol.